The molecule has 2 aromatic rings. The molecule has 1 aromatic heterocycles. The number of amides is 1. The lowest BCUT2D eigenvalue weighted by Crippen LogP contribution is -2.44. The van der Waals surface area contributed by atoms with Gasteiger partial charge in [0.2, 0.25) is 15.9 Å². The zero-order valence-electron chi connectivity index (χ0n) is 13.5. The van der Waals surface area contributed by atoms with Gasteiger partial charge in [-0.3, -0.25) is 4.79 Å². The van der Waals surface area contributed by atoms with Crippen molar-refractivity contribution in [2.45, 2.75) is 17.7 Å². The number of piperidine rings is 1. The summed E-state index contributed by atoms with van der Waals surface area (Å²) in [6.45, 7) is 0.608. The van der Waals surface area contributed by atoms with Crippen LogP contribution in [0.2, 0.25) is 0 Å². The van der Waals surface area contributed by atoms with E-state index in [1.807, 2.05) is 17.5 Å². The minimum absolute atomic E-state index is 0.178. The minimum atomic E-state index is -3.57. The molecule has 0 spiro atoms. The molecule has 8 heteroatoms. The standard InChI is InChI=1S/C17H19N3O3S2/c21-17(19-18-12-15-7-5-11-24-15)14-6-4-10-20(13-14)25(22,23)16-8-2-1-3-9-16/h1-3,5,7-9,11-12,14H,4,6,10,13H2,(H,19,21). The lowest BCUT2D eigenvalue weighted by Gasteiger charge is -2.30. The van der Waals surface area contributed by atoms with Gasteiger partial charge in [0.15, 0.2) is 0 Å². The van der Waals surface area contributed by atoms with Crippen molar-refractivity contribution in [1.29, 1.82) is 0 Å². The van der Waals surface area contributed by atoms with Gasteiger partial charge in [-0.25, -0.2) is 13.8 Å². The number of nitrogens with zero attached hydrogens (tertiary/aromatic N) is 2. The molecular formula is C17H19N3O3S2. The Balaban J connectivity index is 1.63. The van der Waals surface area contributed by atoms with Crippen LogP contribution in [-0.2, 0) is 14.8 Å². The molecule has 3 rings (SSSR count). The average molecular weight is 377 g/mol. The number of thiophene rings is 1. The van der Waals surface area contributed by atoms with Gasteiger partial charge >= 0.3 is 0 Å². The Hall–Kier alpha value is -2.03. The number of sulfonamides is 1. The number of hydrogen-bond acceptors (Lipinski definition) is 5. The van der Waals surface area contributed by atoms with Crippen LogP contribution in [0.1, 0.15) is 17.7 Å². The van der Waals surface area contributed by atoms with Crippen LogP contribution >= 0.6 is 11.3 Å². The topological polar surface area (TPSA) is 78.8 Å². The summed E-state index contributed by atoms with van der Waals surface area (Å²) in [5, 5.41) is 5.88. The molecule has 1 aromatic carbocycles. The van der Waals surface area contributed by atoms with Gasteiger partial charge < -0.3 is 0 Å². The molecule has 1 N–H and O–H groups in total. The lowest BCUT2D eigenvalue weighted by atomic mass is 9.99. The number of carbonyl (C=O) groups is 1. The fourth-order valence-electron chi connectivity index (χ4n) is 2.73. The predicted molar refractivity (Wildman–Crippen MR) is 98.0 cm³/mol. The quantitative estimate of drug-likeness (QED) is 0.641. The Bertz CT molecular complexity index is 833. The van der Waals surface area contributed by atoms with Crippen LogP contribution in [-0.4, -0.2) is 37.9 Å². The largest absolute Gasteiger partial charge is 0.273 e. The van der Waals surface area contributed by atoms with Crippen LogP contribution in [0, 0.1) is 5.92 Å². The van der Waals surface area contributed by atoms with E-state index < -0.39 is 15.9 Å². The van der Waals surface area contributed by atoms with Crippen molar-refractivity contribution < 1.29 is 13.2 Å². The molecule has 1 amide bonds. The zero-order chi connectivity index (χ0) is 17.7. The second kappa shape index (κ2) is 7.90. The van der Waals surface area contributed by atoms with Crippen molar-refractivity contribution in [3.63, 3.8) is 0 Å². The van der Waals surface area contributed by atoms with Crippen LogP contribution in [0.5, 0.6) is 0 Å². The molecular weight excluding hydrogens is 358 g/mol. The summed E-state index contributed by atoms with van der Waals surface area (Å²) in [7, 11) is -3.57. The van der Waals surface area contributed by atoms with Gasteiger partial charge in [0.25, 0.3) is 0 Å². The molecule has 1 fully saturated rings. The Morgan fingerprint density at radius 2 is 2.04 bits per heavy atom. The molecule has 0 aliphatic carbocycles. The summed E-state index contributed by atoms with van der Waals surface area (Å²) >= 11 is 1.52. The normalized spacial score (nSPS) is 19.1. The molecule has 1 atom stereocenters. The number of nitrogens with one attached hydrogen (secondary N) is 1. The van der Waals surface area contributed by atoms with E-state index in [2.05, 4.69) is 10.5 Å². The smallest absolute Gasteiger partial charge is 0.244 e. The van der Waals surface area contributed by atoms with Crippen LogP contribution < -0.4 is 5.43 Å². The van der Waals surface area contributed by atoms with Crippen molar-refractivity contribution >= 4 is 33.5 Å². The molecule has 0 saturated carbocycles. The second-order valence-electron chi connectivity index (χ2n) is 5.76. The first-order valence-corrected chi connectivity index (χ1v) is 10.3. The van der Waals surface area contributed by atoms with Gasteiger partial charge in [0.05, 0.1) is 17.0 Å². The Labute approximate surface area is 151 Å². The third-order valence-electron chi connectivity index (χ3n) is 4.05. The molecule has 1 aliphatic heterocycles. The summed E-state index contributed by atoms with van der Waals surface area (Å²) in [5.74, 6) is -0.645. The van der Waals surface area contributed by atoms with Crippen LogP contribution in [0.4, 0.5) is 0 Å². The third-order valence-corrected chi connectivity index (χ3v) is 6.73. The lowest BCUT2D eigenvalue weighted by molar-refractivity contribution is -0.126. The first-order valence-electron chi connectivity index (χ1n) is 7.99. The van der Waals surface area contributed by atoms with Gasteiger partial charge in [0.1, 0.15) is 0 Å². The number of hydrogen-bond donors (Lipinski definition) is 1. The number of rotatable bonds is 5. The second-order valence-corrected chi connectivity index (χ2v) is 8.68. The first-order chi connectivity index (χ1) is 12.1. The highest BCUT2D eigenvalue weighted by molar-refractivity contribution is 7.89. The third kappa shape index (κ3) is 4.33. The highest BCUT2D eigenvalue weighted by Crippen LogP contribution is 2.23. The highest BCUT2D eigenvalue weighted by Gasteiger charge is 2.33. The molecule has 1 saturated heterocycles. The SMILES string of the molecule is O=C(NN=Cc1cccs1)C1CCCN(S(=O)(=O)c2ccccc2)C1. The molecule has 2 heterocycles. The maximum absolute atomic E-state index is 12.7. The van der Waals surface area contributed by atoms with E-state index in [4.69, 9.17) is 0 Å². The van der Waals surface area contributed by atoms with Crippen molar-refractivity contribution in [3.8, 4) is 0 Å². The molecule has 132 valence electrons. The van der Waals surface area contributed by atoms with Gasteiger partial charge in [-0.2, -0.15) is 9.41 Å². The van der Waals surface area contributed by atoms with Crippen molar-refractivity contribution in [3.05, 3.63) is 52.7 Å². The Kier molecular flexibility index (Phi) is 5.62. The van der Waals surface area contributed by atoms with Crippen molar-refractivity contribution in [1.82, 2.24) is 9.73 Å². The van der Waals surface area contributed by atoms with Gasteiger partial charge in [0, 0.05) is 18.0 Å². The summed E-state index contributed by atoms with van der Waals surface area (Å²) in [6, 6.07) is 12.1. The van der Waals surface area contributed by atoms with E-state index in [9.17, 15) is 13.2 Å². The summed E-state index contributed by atoms with van der Waals surface area (Å²) in [5.41, 5.74) is 2.52. The molecule has 1 unspecified atom stereocenters. The van der Waals surface area contributed by atoms with E-state index >= 15 is 0 Å². The maximum atomic E-state index is 12.7. The number of hydrazone groups is 1. The van der Waals surface area contributed by atoms with E-state index in [1.54, 1.807) is 36.5 Å². The van der Waals surface area contributed by atoms with E-state index in [1.165, 1.54) is 15.6 Å². The molecule has 1 aliphatic rings. The summed E-state index contributed by atoms with van der Waals surface area (Å²) in [4.78, 5) is 13.5. The summed E-state index contributed by atoms with van der Waals surface area (Å²) in [6.07, 6.45) is 2.89. The van der Waals surface area contributed by atoms with E-state index in [0.29, 0.717) is 19.4 Å². The first kappa shape index (κ1) is 17.8. The van der Waals surface area contributed by atoms with Gasteiger partial charge in [-0.15, -0.1) is 11.3 Å². The highest BCUT2D eigenvalue weighted by atomic mass is 32.2. The fraction of sp³-hybridized carbons (Fsp3) is 0.294. The van der Waals surface area contributed by atoms with E-state index in [-0.39, 0.29) is 17.3 Å². The maximum Gasteiger partial charge on any atom is 0.244 e. The molecule has 0 radical (unpaired) electrons. The summed E-state index contributed by atoms with van der Waals surface area (Å²) < 4.78 is 26.8. The van der Waals surface area contributed by atoms with Crippen LogP contribution in [0.15, 0.2) is 57.8 Å². The Morgan fingerprint density at radius 3 is 2.76 bits per heavy atom. The average Bonchev–Trinajstić information content (AvgIpc) is 3.16. The van der Waals surface area contributed by atoms with Gasteiger partial charge in [-0.05, 0) is 36.4 Å². The van der Waals surface area contributed by atoms with Crippen molar-refractivity contribution in [2.75, 3.05) is 13.1 Å². The molecule has 6 nitrogen and oxygen atoms in total. The molecule has 25 heavy (non-hydrogen) atoms. The Morgan fingerprint density at radius 1 is 1.24 bits per heavy atom. The van der Waals surface area contributed by atoms with Crippen LogP contribution in [0.3, 0.4) is 0 Å². The van der Waals surface area contributed by atoms with E-state index in [0.717, 1.165) is 4.88 Å². The minimum Gasteiger partial charge on any atom is -0.273 e. The predicted octanol–water partition coefficient (Wildman–Crippen LogP) is 2.30. The van der Waals surface area contributed by atoms with Crippen LogP contribution in [0.25, 0.3) is 0 Å². The number of benzene rings is 1. The monoisotopic (exact) mass is 377 g/mol. The molecule has 0 bridgehead atoms. The fourth-order valence-corrected chi connectivity index (χ4v) is 4.86. The van der Waals surface area contributed by atoms with Crippen molar-refractivity contribution in [2.24, 2.45) is 11.0 Å². The zero-order valence-corrected chi connectivity index (χ0v) is 15.2. The van der Waals surface area contributed by atoms with Gasteiger partial charge in [-0.1, -0.05) is 24.3 Å². The number of carbonyl (C=O) groups excluding carboxylic acids is 1.